The Morgan fingerprint density at radius 1 is 0.857 bits per heavy atom. The number of carbonyl (C=O) groups excluding carboxylic acids is 1. The molecule has 0 radical (unpaired) electrons. The number of thiophene rings is 1. The molecule has 6 rings (SSSR count). The molecule has 0 fully saturated rings. The fourth-order valence-electron chi connectivity index (χ4n) is 5.05. The highest BCUT2D eigenvalue weighted by atomic mass is 32.1. The van der Waals surface area contributed by atoms with Crippen molar-refractivity contribution in [2.45, 2.75) is 32.2 Å². The van der Waals surface area contributed by atoms with Crippen LogP contribution in [0.1, 0.15) is 44.8 Å². The molecule has 0 saturated carbocycles. The lowest BCUT2D eigenvalue weighted by Crippen LogP contribution is -2.24. The minimum atomic E-state index is -0.0248. The van der Waals surface area contributed by atoms with E-state index in [2.05, 4.69) is 59.9 Å². The molecular weight excluding hydrogens is 448 g/mol. The normalized spacial score (nSPS) is 13.4. The Balaban J connectivity index is 1.42. The molecule has 0 unspecified atom stereocenters. The molecule has 3 nitrogen and oxygen atoms in total. The number of benzene rings is 4. The molecule has 1 aliphatic carbocycles. The Bertz CT molecular complexity index is 1510. The lowest BCUT2D eigenvalue weighted by molar-refractivity contribution is 0.0951. The van der Waals surface area contributed by atoms with E-state index in [1.54, 1.807) is 11.3 Å². The van der Waals surface area contributed by atoms with Gasteiger partial charge in [0.1, 0.15) is 5.00 Å². The van der Waals surface area contributed by atoms with E-state index in [0.717, 1.165) is 41.0 Å². The van der Waals surface area contributed by atoms with Gasteiger partial charge in [-0.3, -0.25) is 4.79 Å². The van der Waals surface area contributed by atoms with Crippen LogP contribution >= 0.6 is 11.3 Å². The summed E-state index contributed by atoms with van der Waals surface area (Å²) in [4.78, 5) is 19.7. The highest BCUT2D eigenvalue weighted by Crippen LogP contribution is 2.40. The minimum absolute atomic E-state index is 0.0248. The van der Waals surface area contributed by atoms with E-state index >= 15 is 0 Å². The number of carbonyl (C=O) groups is 1. The van der Waals surface area contributed by atoms with Crippen molar-refractivity contribution in [1.82, 2.24) is 5.32 Å². The second kappa shape index (κ2) is 9.47. The van der Waals surface area contributed by atoms with Crippen molar-refractivity contribution in [2.75, 3.05) is 0 Å². The van der Waals surface area contributed by atoms with Crippen molar-refractivity contribution in [3.63, 3.8) is 0 Å². The van der Waals surface area contributed by atoms with Gasteiger partial charge in [0, 0.05) is 23.2 Å². The smallest absolute Gasteiger partial charge is 0.254 e. The predicted molar refractivity (Wildman–Crippen MR) is 147 cm³/mol. The van der Waals surface area contributed by atoms with Crippen LogP contribution in [-0.2, 0) is 19.4 Å². The second-order valence-corrected chi connectivity index (χ2v) is 10.1. The summed E-state index contributed by atoms with van der Waals surface area (Å²) in [5.74, 6) is -0.0248. The predicted octanol–water partition coefficient (Wildman–Crippen LogP) is 7.61. The number of fused-ring (bicyclic) bond motifs is 3. The maximum Gasteiger partial charge on any atom is 0.254 e. The number of hydrogen-bond acceptors (Lipinski definition) is 3. The van der Waals surface area contributed by atoms with Crippen LogP contribution in [0.3, 0.4) is 0 Å². The number of nitrogens with zero attached hydrogens (tertiary/aromatic N) is 1. The van der Waals surface area contributed by atoms with Crippen LogP contribution in [0.15, 0.2) is 89.9 Å². The van der Waals surface area contributed by atoms with Crippen LogP contribution in [0.2, 0.25) is 0 Å². The van der Waals surface area contributed by atoms with E-state index < -0.39 is 0 Å². The molecule has 1 aromatic heterocycles. The third-order valence-corrected chi connectivity index (χ3v) is 8.00. The van der Waals surface area contributed by atoms with Crippen molar-refractivity contribution in [1.29, 1.82) is 0 Å². The molecule has 0 aliphatic heterocycles. The van der Waals surface area contributed by atoms with E-state index in [1.165, 1.54) is 38.4 Å². The molecule has 1 aliphatic rings. The highest BCUT2D eigenvalue weighted by molar-refractivity contribution is 7.16. The maximum absolute atomic E-state index is 13.4. The number of aliphatic imine (C=N–C) groups is 1. The number of nitrogens with one attached hydrogen (secondary N) is 1. The van der Waals surface area contributed by atoms with Gasteiger partial charge in [0.05, 0.1) is 5.56 Å². The summed E-state index contributed by atoms with van der Waals surface area (Å²) < 4.78 is 0. The molecule has 4 heteroatoms. The largest absolute Gasteiger partial charge is 0.348 e. The first-order valence-electron chi connectivity index (χ1n) is 12.2. The van der Waals surface area contributed by atoms with Gasteiger partial charge in [0.25, 0.3) is 5.91 Å². The molecule has 1 heterocycles. The lowest BCUT2D eigenvalue weighted by Gasteiger charge is -2.13. The molecule has 0 saturated heterocycles. The van der Waals surface area contributed by atoms with Crippen LogP contribution in [0.5, 0.6) is 0 Å². The van der Waals surface area contributed by atoms with Gasteiger partial charge in [-0.15, -0.1) is 11.3 Å². The zero-order valence-corrected chi connectivity index (χ0v) is 20.3. The molecule has 0 spiro atoms. The minimum Gasteiger partial charge on any atom is -0.348 e. The molecule has 4 aromatic carbocycles. The molecule has 1 amide bonds. The van der Waals surface area contributed by atoms with Crippen molar-refractivity contribution >= 4 is 50.0 Å². The number of rotatable bonds is 5. The molecule has 0 bridgehead atoms. The molecule has 1 N–H and O–H groups in total. The zero-order valence-electron chi connectivity index (χ0n) is 19.5. The first-order valence-corrected chi connectivity index (χ1v) is 13.0. The summed E-state index contributed by atoms with van der Waals surface area (Å²) in [5.41, 5.74) is 4.15. The third kappa shape index (κ3) is 4.26. The van der Waals surface area contributed by atoms with Crippen molar-refractivity contribution < 1.29 is 4.79 Å². The van der Waals surface area contributed by atoms with Crippen LogP contribution in [-0.4, -0.2) is 12.1 Å². The molecule has 5 aromatic rings. The van der Waals surface area contributed by atoms with Gasteiger partial charge in [0.2, 0.25) is 0 Å². The number of aryl methyl sites for hydroxylation is 1. The molecular formula is C31H26N2OS. The fraction of sp³-hybridized carbons (Fsp3) is 0.161. The Morgan fingerprint density at radius 3 is 2.26 bits per heavy atom. The van der Waals surface area contributed by atoms with E-state index in [-0.39, 0.29) is 5.91 Å². The average Bonchev–Trinajstić information content (AvgIpc) is 3.28. The quantitative estimate of drug-likeness (QED) is 0.207. The van der Waals surface area contributed by atoms with Gasteiger partial charge in [-0.25, -0.2) is 4.99 Å². The van der Waals surface area contributed by atoms with E-state index in [1.807, 2.05) is 36.5 Å². The van der Waals surface area contributed by atoms with Crippen molar-refractivity contribution in [3.05, 3.63) is 112 Å². The standard InChI is InChI=1S/C31H26N2OS/c34-30(32-19-21-10-2-1-3-11-21)29-26-16-8-9-17-28(26)35-31(29)33-20-27-24-14-6-4-12-22(24)18-23-13-5-7-15-25(23)27/h1-7,10-15,18,20H,8-9,16-17,19H2,(H,32,34)/b33-20+. The van der Waals surface area contributed by atoms with Crippen molar-refractivity contribution in [2.24, 2.45) is 4.99 Å². The Labute approximate surface area is 209 Å². The highest BCUT2D eigenvalue weighted by Gasteiger charge is 2.25. The van der Waals surface area contributed by atoms with Crippen LogP contribution in [0.25, 0.3) is 21.5 Å². The number of amides is 1. The lowest BCUT2D eigenvalue weighted by atomic mass is 9.95. The first kappa shape index (κ1) is 21.8. The number of hydrogen-bond donors (Lipinski definition) is 1. The van der Waals surface area contributed by atoms with Gasteiger partial charge < -0.3 is 5.32 Å². The monoisotopic (exact) mass is 474 g/mol. The van der Waals surface area contributed by atoms with Gasteiger partial charge >= 0.3 is 0 Å². The summed E-state index contributed by atoms with van der Waals surface area (Å²) in [6.45, 7) is 0.515. The van der Waals surface area contributed by atoms with Gasteiger partial charge in [0.15, 0.2) is 0 Å². The summed E-state index contributed by atoms with van der Waals surface area (Å²) >= 11 is 1.68. The summed E-state index contributed by atoms with van der Waals surface area (Å²) in [6.07, 6.45) is 6.25. The SMILES string of the molecule is O=C(NCc1ccccc1)c1c(/N=C/c2c3ccccc3cc3ccccc23)sc2c1CCCC2. The summed E-state index contributed by atoms with van der Waals surface area (Å²) in [5, 5.41) is 8.69. The molecule has 0 atom stereocenters. The van der Waals surface area contributed by atoms with E-state index in [9.17, 15) is 4.79 Å². The average molecular weight is 475 g/mol. The topological polar surface area (TPSA) is 41.5 Å². The Hall–Kier alpha value is -3.76. The summed E-state index contributed by atoms with van der Waals surface area (Å²) in [6, 6.07) is 29.2. The van der Waals surface area contributed by atoms with Crippen LogP contribution in [0, 0.1) is 0 Å². The van der Waals surface area contributed by atoms with Crippen LogP contribution in [0.4, 0.5) is 5.00 Å². The maximum atomic E-state index is 13.4. The zero-order chi connectivity index (χ0) is 23.6. The van der Waals surface area contributed by atoms with Gasteiger partial charge in [-0.1, -0.05) is 78.9 Å². The Morgan fingerprint density at radius 2 is 1.51 bits per heavy atom. The fourth-order valence-corrected chi connectivity index (χ4v) is 6.28. The third-order valence-electron chi connectivity index (χ3n) is 6.80. The van der Waals surface area contributed by atoms with E-state index in [0.29, 0.717) is 6.54 Å². The van der Waals surface area contributed by atoms with Gasteiger partial charge in [-0.05, 0) is 64.4 Å². The molecule has 35 heavy (non-hydrogen) atoms. The summed E-state index contributed by atoms with van der Waals surface area (Å²) in [7, 11) is 0. The first-order chi connectivity index (χ1) is 17.3. The van der Waals surface area contributed by atoms with Crippen molar-refractivity contribution in [3.8, 4) is 0 Å². The molecule has 172 valence electrons. The van der Waals surface area contributed by atoms with Crippen LogP contribution < -0.4 is 5.32 Å². The second-order valence-electron chi connectivity index (χ2n) is 9.05. The van der Waals surface area contributed by atoms with E-state index in [4.69, 9.17) is 4.99 Å². The Kier molecular flexibility index (Phi) is 5.89. The van der Waals surface area contributed by atoms with Gasteiger partial charge in [-0.2, -0.15) is 0 Å².